The van der Waals surface area contributed by atoms with E-state index in [4.69, 9.17) is 5.11 Å². The zero-order chi connectivity index (χ0) is 11.3. The number of nitrogens with one attached hydrogen (secondary N) is 1. The maximum atomic E-state index is 10.4. The van der Waals surface area contributed by atoms with Crippen molar-refractivity contribution in [3.63, 3.8) is 0 Å². The summed E-state index contributed by atoms with van der Waals surface area (Å²) in [5, 5.41) is 22.4. The van der Waals surface area contributed by atoms with Crippen LogP contribution < -0.4 is 5.32 Å². The smallest absolute Gasteiger partial charge is 0.269 e. The van der Waals surface area contributed by atoms with E-state index < -0.39 is 4.92 Å². The maximum Gasteiger partial charge on any atom is 0.269 e. The number of rotatable bonds is 5. The first-order chi connectivity index (χ1) is 7.17. The number of non-ortho nitro benzene ring substituents is 1. The van der Waals surface area contributed by atoms with Crippen molar-refractivity contribution in [2.75, 3.05) is 11.9 Å². The first-order valence-electron chi connectivity index (χ1n) is 4.79. The fraction of sp³-hybridized carbons (Fsp3) is 0.400. The molecule has 2 N–H and O–H groups in total. The van der Waals surface area contributed by atoms with E-state index in [0.717, 1.165) is 12.1 Å². The molecule has 1 rings (SSSR count). The van der Waals surface area contributed by atoms with Gasteiger partial charge in [0.2, 0.25) is 0 Å². The minimum Gasteiger partial charge on any atom is -0.394 e. The Kier molecular flexibility index (Phi) is 4.05. The number of hydrogen-bond acceptors (Lipinski definition) is 4. The molecule has 1 unspecified atom stereocenters. The Bertz CT molecular complexity index is 320. The lowest BCUT2D eigenvalue weighted by Crippen LogP contribution is -2.22. The Hall–Kier alpha value is -1.62. The van der Waals surface area contributed by atoms with Gasteiger partial charge in [-0.25, -0.2) is 0 Å². The molecule has 82 valence electrons. The number of nitro groups is 1. The second-order valence-corrected chi connectivity index (χ2v) is 3.24. The third-order valence-electron chi connectivity index (χ3n) is 2.16. The lowest BCUT2D eigenvalue weighted by molar-refractivity contribution is -0.384. The fourth-order valence-corrected chi connectivity index (χ4v) is 1.19. The number of anilines is 1. The van der Waals surface area contributed by atoms with Crippen LogP contribution in [0.5, 0.6) is 0 Å². The molecule has 0 heterocycles. The molecule has 0 aliphatic rings. The van der Waals surface area contributed by atoms with Gasteiger partial charge in [-0.1, -0.05) is 6.92 Å². The van der Waals surface area contributed by atoms with Crippen molar-refractivity contribution in [3.05, 3.63) is 34.4 Å². The average Bonchev–Trinajstić information content (AvgIpc) is 2.26. The van der Waals surface area contributed by atoms with Crippen molar-refractivity contribution in [3.8, 4) is 0 Å². The van der Waals surface area contributed by atoms with Crippen LogP contribution in [0.15, 0.2) is 24.3 Å². The van der Waals surface area contributed by atoms with Crippen molar-refractivity contribution in [2.24, 2.45) is 0 Å². The average molecular weight is 210 g/mol. The van der Waals surface area contributed by atoms with Gasteiger partial charge in [0.15, 0.2) is 0 Å². The van der Waals surface area contributed by atoms with Crippen LogP contribution in [0.1, 0.15) is 13.3 Å². The molecule has 0 amide bonds. The Balaban J connectivity index is 2.67. The summed E-state index contributed by atoms with van der Waals surface area (Å²) in [6.07, 6.45) is 0.799. The topological polar surface area (TPSA) is 75.4 Å². The Morgan fingerprint density at radius 1 is 1.47 bits per heavy atom. The van der Waals surface area contributed by atoms with Gasteiger partial charge in [0.05, 0.1) is 11.5 Å². The first kappa shape index (κ1) is 11.5. The third-order valence-corrected chi connectivity index (χ3v) is 2.16. The SMILES string of the molecule is CCC(CO)Nc1ccc([N+](=O)[O-])cc1. The monoisotopic (exact) mass is 210 g/mol. The molecule has 0 saturated carbocycles. The van der Waals surface area contributed by atoms with Crippen LogP contribution in [0.2, 0.25) is 0 Å². The predicted molar refractivity (Wildman–Crippen MR) is 57.9 cm³/mol. The number of nitro benzene ring substituents is 1. The van der Waals surface area contributed by atoms with Crippen LogP contribution in [0.3, 0.4) is 0 Å². The Morgan fingerprint density at radius 3 is 2.47 bits per heavy atom. The minimum absolute atomic E-state index is 0.00791. The van der Waals surface area contributed by atoms with E-state index in [1.54, 1.807) is 12.1 Å². The highest BCUT2D eigenvalue weighted by atomic mass is 16.6. The molecule has 15 heavy (non-hydrogen) atoms. The van der Waals surface area contributed by atoms with Crippen LogP contribution in [-0.4, -0.2) is 22.7 Å². The van der Waals surface area contributed by atoms with E-state index in [-0.39, 0.29) is 18.3 Å². The molecule has 0 bridgehead atoms. The molecule has 0 aliphatic carbocycles. The highest BCUT2D eigenvalue weighted by Gasteiger charge is 2.06. The molecule has 0 saturated heterocycles. The van der Waals surface area contributed by atoms with E-state index in [0.29, 0.717) is 0 Å². The molecule has 0 fully saturated rings. The number of benzene rings is 1. The highest BCUT2D eigenvalue weighted by Crippen LogP contribution is 2.16. The van der Waals surface area contributed by atoms with Gasteiger partial charge >= 0.3 is 0 Å². The predicted octanol–water partition coefficient (Wildman–Crippen LogP) is 1.78. The van der Waals surface area contributed by atoms with E-state index in [1.807, 2.05) is 6.92 Å². The number of aliphatic hydroxyl groups is 1. The molecule has 0 radical (unpaired) electrons. The summed E-state index contributed by atoms with van der Waals surface area (Å²) in [4.78, 5) is 9.95. The summed E-state index contributed by atoms with van der Waals surface area (Å²) in [5.74, 6) is 0. The van der Waals surface area contributed by atoms with Gasteiger partial charge < -0.3 is 10.4 Å². The summed E-state index contributed by atoms with van der Waals surface area (Å²) < 4.78 is 0. The van der Waals surface area contributed by atoms with Crippen molar-refractivity contribution < 1.29 is 10.0 Å². The standard InChI is InChI=1S/C10H14N2O3/c1-2-8(7-13)11-9-3-5-10(6-4-9)12(14)15/h3-6,8,11,13H,2,7H2,1H3. The van der Waals surface area contributed by atoms with Crippen LogP contribution in [0.25, 0.3) is 0 Å². The number of nitrogens with zero attached hydrogens (tertiary/aromatic N) is 1. The van der Waals surface area contributed by atoms with Crippen molar-refractivity contribution in [1.29, 1.82) is 0 Å². The molecule has 1 aromatic rings. The molecular formula is C10H14N2O3. The molecular weight excluding hydrogens is 196 g/mol. The number of aliphatic hydroxyl groups excluding tert-OH is 1. The van der Waals surface area contributed by atoms with Crippen LogP contribution in [-0.2, 0) is 0 Å². The first-order valence-corrected chi connectivity index (χ1v) is 4.79. The summed E-state index contributed by atoms with van der Waals surface area (Å²) in [5.41, 5.74) is 0.846. The molecule has 0 aliphatic heterocycles. The summed E-state index contributed by atoms with van der Waals surface area (Å²) in [6, 6.07) is 6.14. The number of hydrogen-bond donors (Lipinski definition) is 2. The Labute approximate surface area is 87.9 Å². The minimum atomic E-state index is -0.437. The fourth-order valence-electron chi connectivity index (χ4n) is 1.19. The van der Waals surface area contributed by atoms with Gasteiger partial charge in [-0.15, -0.1) is 0 Å². The quantitative estimate of drug-likeness (QED) is 0.573. The molecule has 0 spiro atoms. The van der Waals surface area contributed by atoms with Crippen LogP contribution >= 0.6 is 0 Å². The lowest BCUT2D eigenvalue weighted by Gasteiger charge is -2.14. The molecule has 0 aromatic heterocycles. The largest absolute Gasteiger partial charge is 0.394 e. The van der Waals surface area contributed by atoms with Gasteiger partial charge in [-0.3, -0.25) is 10.1 Å². The molecule has 5 heteroatoms. The van der Waals surface area contributed by atoms with E-state index >= 15 is 0 Å². The molecule has 1 atom stereocenters. The van der Waals surface area contributed by atoms with Gasteiger partial charge in [-0.05, 0) is 18.6 Å². The molecule has 5 nitrogen and oxygen atoms in total. The van der Waals surface area contributed by atoms with Gasteiger partial charge in [0, 0.05) is 23.9 Å². The maximum absolute atomic E-state index is 10.4. The lowest BCUT2D eigenvalue weighted by atomic mass is 10.2. The van der Waals surface area contributed by atoms with E-state index in [2.05, 4.69) is 5.32 Å². The van der Waals surface area contributed by atoms with Crippen LogP contribution in [0, 0.1) is 10.1 Å². The zero-order valence-corrected chi connectivity index (χ0v) is 8.51. The van der Waals surface area contributed by atoms with Gasteiger partial charge in [-0.2, -0.15) is 0 Å². The summed E-state index contributed by atoms with van der Waals surface area (Å²) in [6.45, 7) is 2.01. The van der Waals surface area contributed by atoms with Crippen molar-refractivity contribution >= 4 is 11.4 Å². The third kappa shape index (κ3) is 3.21. The van der Waals surface area contributed by atoms with Gasteiger partial charge in [0.25, 0.3) is 5.69 Å². The zero-order valence-electron chi connectivity index (χ0n) is 8.51. The van der Waals surface area contributed by atoms with Crippen LogP contribution in [0.4, 0.5) is 11.4 Å². The van der Waals surface area contributed by atoms with E-state index in [1.165, 1.54) is 12.1 Å². The molecule has 1 aromatic carbocycles. The van der Waals surface area contributed by atoms with Gasteiger partial charge in [0.1, 0.15) is 0 Å². The summed E-state index contributed by atoms with van der Waals surface area (Å²) >= 11 is 0. The van der Waals surface area contributed by atoms with E-state index in [9.17, 15) is 10.1 Å². The Morgan fingerprint density at radius 2 is 2.07 bits per heavy atom. The van der Waals surface area contributed by atoms with Crippen molar-refractivity contribution in [2.45, 2.75) is 19.4 Å². The highest BCUT2D eigenvalue weighted by molar-refractivity contribution is 5.49. The second kappa shape index (κ2) is 5.31. The normalized spacial score (nSPS) is 12.1. The second-order valence-electron chi connectivity index (χ2n) is 3.24. The van der Waals surface area contributed by atoms with Crippen molar-refractivity contribution in [1.82, 2.24) is 0 Å². The summed E-state index contributed by atoms with van der Waals surface area (Å²) in [7, 11) is 0.